The predicted molar refractivity (Wildman–Crippen MR) is 110 cm³/mol. The molecule has 0 bridgehead atoms. The quantitative estimate of drug-likeness (QED) is 0.412. The molecule has 0 heterocycles. The molecule has 0 spiro atoms. The maximum atomic E-state index is 2.39. The third kappa shape index (κ3) is 14.8. The Kier molecular flexibility index (Phi) is 11.1. The van der Waals surface area contributed by atoms with Crippen LogP contribution in [0.1, 0.15) is 109 Å². The lowest BCUT2D eigenvalue weighted by Gasteiger charge is -2.32. The van der Waals surface area contributed by atoms with Gasteiger partial charge in [-0.1, -0.05) is 91.5 Å². The normalized spacial score (nSPS) is 13.3. The topological polar surface area (TPSA) is 0 Å². The first-order valence-electron chi connectivity index (χ1n) is 9.48. The minimum absolute atomic E-state index is 0.346. The minimum Gasteiger partial charge on any atom is -0.0887 e. The Morgan fingerprint density at radius 3 is 1.52 bits per heavy atom. The first kappa shape index (κ1) is 24.7. The summed E-state index contributed by atoms with van der Waals surface area (Å²) in [5, 5.41) is 0. The Morgan fingerprint density at radius 2 is 1.22 bits per heavy atom. The summed E-state index contributed by atoms with van der Waals surface area (Å²) in [6.07, 6.45) is 9.62. The first-order chi connectivity index (χ1) is 10.2. The molecule has 0 radical (unpaired) electrons. The highest BCUT2D eigenvalue weighted by atomic mass is 14.3. The number of hydrogen-bond donors (Lipinski definition) is 0. The molecule has 0 aromatic heterocycles. The van der Waals surface area contributed by atoms with Crippen molar-refractivity contribution in [1.82, 2.24) is 0 Å². The van der Waals surface area contributed by atoms with Crippen molar-refractivity contribution < 1.29 is 0 Å². The van der Waals surface area contributed by atoms with Gasteiger partial charge >= 0.3 is 0 Å². The fraction of sp³-hybridized carbons (Fsp3) is 0.826. The standard InChI is InChI=1S/C13H26.C10H20/c1-8-12(4,5)10-13(6,7)9-11(2)3;1-6-9(3)8-10(4,5)7-2/h9H,8,10H2,1-7H3;6H,7-8H2,1-5H3/b;9-6+. The van der Waals surface area contributed by atoms with Crippen LogP contribution in [0, 0.1) is 16.2 Å². The summed E-state index contributed by atoms with van der Waals surface area (Å²) in [6, 6.07) is 0. The Hall–Kier alpha value is -0.520. The van der Waals surface area contributed by atoms with Crippen molar-refractivity contribution >= 4 is 0 Å². The van der Waals surface area contributed by atoms with Gasteiger partial charge in [0.2, 0.25) is 0 Å². The lowest BCUT2D eigenvalue weighted by atomic mass is 9.73. The molecule has 0 saturated carbocycles. The predicted octanol–water partition coefficient (Wildman–Crippen LogP) is 8.58. The van der Waals surface area contributed by atoms with Crippen molar-refractivity contribution in [3.63, 3.8) is 0 Å². The monoisotopic (exact) mass is 322 g/mol. The Morgan fingerprint density at radius 1 is 0.783 bits per heavy atom. The molecule has 0 N–H and O–H groups in total. The smallest absolute Gasteiger partial charge is 0.0167 e. The van der Waals surface area contributed by atoms with E-state index in [1.165, 1.54) is 36.8 Å². The van der Waals surface area contributed by atoms with Gasteiger partial charge in [0.1, 0.15) is 0 Å². The Bertz CT molecular complexity index is 371. The maximum absolute atomic E-state index is 2.39. The van der Waals surface area contributed by atoms with Crippen molar-refractivity contribution in [1.29, 1.82) is 0 Å². The van der Waals surface area contributed by atoms with E-state index < -0.39 is 0 Å². The van der Waals surface area contributed by atoms with Crippen LogP contribution in [-0.2, 0) is 0 Å². The van der Waals surface area contributed by atoms with Crippen molar-refractivity contribution in [3.8, 4) is 0 Å². The summed E-state index contributed by atoms with van der Waals surface area (Å²) >= 11 is 0. The van der Waals surface area contributed by atoms with E-state index >= 15 is 0 Å². The third-order valence-corrected chi connectivity index (χ3v) is 4.78. The first-order valence-corrected chi connectivity index (χ1v) is 9.48. The van der Waals surface area contributed by atoms with Gasteiger partial charge in [-0.05, 0) is 56.8 Å². The fourth-order valence-corrected chi connectivity index (χ4v) is 3.17. The Labute approximate surface area is 148 Å². The van der Waals surface area contributed by atoms with Crippen molar-refractivity contribution in [2.24, 2.45) is 16.2 Å². The van der Waals surface area contributed by atoms with Crippen LogP contribution >= 0.6 is 0 Å². The van der Waals surface area contributed by atoms with Gasteiger partial charge < -0.3 is 0 Å². The Balaban J connectivity index is 0. The second-order valence-corrected chi connectivity index (χ2v) is 9.73. The molecule has 0 fully saturated rings. The van der Waals surface area contributed by atoms with E-state index in [1.807, 2.05) is 0 Å². The zero-order valence-corrected chi connectivity index (χ0v) is 18.5. The van der Waals surface area contributed by atoms with Gasteiger partial charge in [-0.15, -0.1) is 0 Å². The molecule has 0 aromatic rings. The van der Waals surface area contributed by atoms with Crippen molar-refractivity contribution in [3.05, 3.63) is 23.3 Å². The van der Waals surface area contributed by atoms with Crippen LogP contribution in [0.3, 0.4) is 0 Å². The van der Waals surface area contributed by atoms with E-state index in [0.29, 0.717) is 16.2 Å². The molecule has 0 nitrogen and oxygen atoms in total. The second-order valence-electron chi connectivity index (χ2n) is 9.73. The number of hydrogen-bond acceptors (Lipinski definition) is 0. The van der Waals surface area contributed by atoms with E-state index in [4.69, 9.17) is 0 Å². The van der Waals surface area contributed by atoms with Gasteiger partial charge in [0, 0.05) is 0 Å². The van der Waals surface area contributed by atoms with Gasteiger partial charge in [-0.25, -0.2) is 0 Å². The van der Waals surface area contributed by atoms with E-state index in [2.05, 4.69) is 95.2 Å². The minimum atomic E-state index is 0.346. The molecule has 0 rings (SSSR count). The third-order valence-electron chi connectivity index (χ3n) is 4.78. The molecule has 0 aliphatic heterocycles. The molecule has 23 heavy (non-hydrogen) atoms. The van der Waals surface area contributed by atoms with Crippen LogP contribution in [0.4, 0.5) is 0 Å². The van der Waals surface area contributed by atoms with Crippen LogP contribution in [0.5, 0.6) is 0 Å². The number of allylic oxidation sites excluding steroid dienone is 4. The van der Waals surface area contributed by atoms with E-state index in [1.54, 1.807) is 0 Å². The van der Waals surface area contributed by atoms with E-state index in [0.717, 1.165) is 0 Å². The van der Waals surface area contributed by atoms with Gasteiger partial charge in [-0.3, -0.25) is 0 Å². The van der Waals surface area contributed by atoms with Gasteiger partial charge in [-0.2, -0.15) is 0 Å². The molecular formula is C23H46. The van der Waals surface area contributed by atoms with E-state index in [-0.39, 0.29) is 0 Å². The van der Waals surface area contributed by atoms with Crippen LogP contribution in [0.2, 0.25) is 0 Å². The van der Waals surface area contributed by atoms with Crippen LogP contribution in [0.15, 0.2) is 23.3 Å². The molecule has 0 saturated heterocycles. The SMILES string of the molecule is C/C=C(\C)CC(C)(C)CC.CCC(C)(C)CC(C)(C)C=C(C)C. The number of rotatable bonds is 7. The molecule has 0 unspecified atom stereocenters. The largest absolute Gasteiger partial charge is 0.0887 e. The lowest BCUT2D eigenvalue weighted by Crippen LogP contribution is -2.21. The van der Waals surface area contributed by atoms with Gasteiger partial charge in [0.05, 0.1) is 0 Å². The molecule has 0 amide bonds. The molecular weight excluding hydrogens is 276 g/mol. The fourth-order valence-electron chi connectivity index (χ4n) is 3.17. The molecule has 0 atom stereocenters. The molecule has 0 aromatic carbocycles. The highest BCUT2D eigenvalue weighted by Crippen LogP contribution is 2.37. The highest BCUT2D eigenvalue weighted by molar-refractivity contribution is 5.03. The molecule has 0 heteroatoms. The molecule has 0 aliphatic rings. The summed E-state index contributed by atoms with van der Waals surface area (Å²) in [5.41, 5.74) is 4.24. The van der Waals surface area contributed by atoms with Gasteiger partial charge in [0.25, 0.3) is 0 Å². The van der Waals surface area contributed by atoms with E-state index in [9.17, 15) is 0 Å². The average molecular weight is 323 g/mol. The average Bonchev–Trinajstić information content (AvgIpc) is 2.36. The van der Waals surface area contributed by atoms with Crippen LogP contribution in [-0.4, -0.2) is 0 Å². The van der Waals surface area contributed by atoms with Crippen LogP contribution in [0.25, 0.3) is 0 Å². The zero-order valence-electron chi connectivity index (χ0n) is 18.5. The second kappa shape index (κ2) is 10.4. The van der Waals surface area contributed by atoms with Crippen LogP contribution < -0.4 is 0 Å². The summed E-state index contributed by atoms with van der Waals surface area (Å²) in [6.45, 7) is 27.2. The van der Waals surface area contributed by atoms with Crippen molar-refractivity contribution in [2.45, 2.75) is 109 Å². The van der Waals surface area contributed by atoms with Gasteiger partial charge in [0.15, 0.2) is 0 Å². The van der Waals surface area contributed by atoms with Crippen molar-refractivity contribution in [2.75, 3.05) is 0 Å². The highest BCUT2D eigenvalue weighted by Gasteiger charge is 2.25. The zero-order chi connectivity index (χ0) is 18.9. The lowest BCUT2D eigenvalue weighted by molar-refractivity contribution is 0.229. The molecule has 138 valence electrons. The summed E-state index contributed by atoms with van der Waals surface area (Å²) in [7, 11) is 0. The summed E-state index contributed by atoms with van der Waals surface area (Å²) < 4.78 is 0. The summed E-state index contributed by atoms with van der Waals surface area (Å²) in [5.74, 6) is 0. The molecule has 0 aliphatic carbocycles. The summed E-state index contributed by atoms with van der Waals surface area (Å²) in [4.78, 5) is 0. The maximum Gasteiger partial charge on any atom is -0.0167 e.